The maximum atomic E-state index is 8.90. The molecule has 0 saturated carbocycles. The van der Waals surface area contributed by atoms with Crippen molar-refractivity contribution >= 4 is 0 Å². The van der Waals surface area contributed by atoms with Crippen LogP contribution in [0.3, 0.4) is 0 Å². The fourth-order valence-electron chi connectivity index (χ4n) is 2.57. The summed E-state index contributed by atoms with van der Waals surface area (Å²) in [5.41, 5.74) is 3.79. The van der Waals surface area contributed by atoms with Crippen LogP contribution in [0.4, 0.5) is 0 Å². The maximum Gasteiger partial charge on any atom is 0.0950 e. The summed E-state index contributed by atoms with van der Waals surface area (Å²) >= 11 is 0. The molecular weight excluding hydrogens is 158 g/mol. The Hall–Kier alpha value is -1.55. The van der Waals surface area contributed by atoms with Gasteiger partial charge in [-0.25, -0.2) is 0 Å². The van der Waals surface area contributed by atoms with Gasteiger partial charge < -0.3 is 0 Å². The quantitative estimate of drug-likeness (QED) is 0.582. The second kappa shape index (κ2) is 2.23. The van der Waals surface area contributed by atoms with Crippen molar-refractivity contribution in [2.75, 3.05) is 0 Å². The van der Waals surface area contributed by atoms with Crippen molar-refractivity contribution in [3.8, 4) is 6.07 Å². The lowest BCUT2D eigenvalue weighted by Gasteiger charge is -2.11. The summed E-state index contributed by atoms with van der Waals surface area (Å²) in [4.78, 5) is 0. The van der Waals surface area contributed by atoms with E-state index in [9.17, 15) is 0 Å². The minimum atomic E-state index is 0.409. The zero-order valence-electron chi connectivity index (χ0n) is 7.20. The van der Waals surface area contributed by atoms with Gasteiger partial charge in [-0.2, -0.15) is 5.26 Å². The third-order valence-corrected chi connectivity index (χ3v) is 3.15. The fraction of sp³-hybridized carbons (Fsp3) is 0.250. The molecule has 62 valence electrons. The van der Waals surface area contributed by atoms with E-state index in [-0.39, 0.29) is 0 Å². The van der Waals surface area contributed by atoms with E-state index in [4.69, 9.17) is 5.26 Å². The summed E-state index contributed by atoms with van der Waals surface area (Å²) in [5, 5.41) is 8.90. The average molecular weight is 167 g/mol. The molecule has 2 atom stereocenters. The Labute approximate surface area is 77.3 Å². The van der Waals surface area contributed by atoms with Crippen molar-refractivity contribution in [3.63, 3.8) is 0 Å². The lowest BCUT2D eigenvalue weighted by Crippen LogP contribution is -1.96. The smallest absolute Gasteiger partial charge is 0.0950 e. The van der Waals surface area contributed by atoms with E-state index in [1.54, 1.807) is 0 Å². The maximum absolute atomic E-state index is 8.90. The SMILES string of the molecule is N#CC1=CC2CC1c1ccccc12. The summed E-state index contributed by atoms with van der Waals surface area (Å²) in [6.45, 7) is 0. The predicted octanol–water partition coefficient (Wildman–Crippen LogP) is 2.72. The van der Waals surface area contributed by atoms with E-state index < -0.39 is 0 Å². The molecule has 0 aromatic heterocycles. The first kappa shape index (κ1) is 6.91. The zero-order chi connectivity index (χ0) is 8.84. The van der Waals surface area contributed by atoms with E-state index in [1.165, 1.54) is 11.1 Å². The molecular formula is C12H9N. The van der Waals surface area contributed by atoms with Crippen LogP contribution in [0.1, 0.15) is 29.4 Å². The van der Waals surface area contributed by atoms with E-state index >= 15 is 0 Å². The number of hydrogen-bond donors (Lipinski definition) is 0. The van der Waals surface area contributed by atoms with Gasteiger partial charge in [-0.1, -0.05) is 30.3 Å². The Morgan fingerprint density at radius 1 is 1.23 bits per heavy atom. The minimum absolute atomic E-state index is 0.409. The molecule has 0 heterocycles. The Morgan fingerprint density at radius 3 is 2.77 bits per heavy atom. The number of benzene rings is 1. The number of allylic oxidation sites excluding steroid dienone is 2. The molecule has 1 aromatic rings. The van der Waals surface area contributed by atoms with Crippen molar-refractivity contribution in [1.82, 2.24) is 0 Å². The third kappa shape index (κ3) is 0.754. The van der Waals surface area contributed by atoms with Crippen LogP contribution < -0.4 is 0 Å². The first-order valence-corrected chi connectivity index (χ1v) is 4.61. The summed E-state index contributed by atoms with van der Waals surface area (Å²) in [5.74, 6) is 0.932. The van der Waals surface area contributed by atoms with Gasteiger partial charge in [0.1, 0.15) is 0 Å². The van der Waals surface area contributed by atoms with Gasteiger partial charge in [0, 0.05) is 17.4 Å². The third-order valence-electron chi connectivity index (χ3n) is 3.15. The molecule has 2 aliphatic rings. The standard InChI is InChI=1S/C12H9N/c13-7-9-5-8-6-12(9)11-4-2-1-3-10(8)11/h1-5,8,12H,6H2. The summed E-state index contributed by atoms with van der Waals surface area (Å²) in [7, 11) is 0. The topological polar surface area (TPSA) is 23.8 Å². The van der Waals surface area contributed by atoms with E-state index in [2.05, 4.69) is 36.4 Å². The Kier molecular flexibility index (Phi) is 1.19. The summed E-state index contributed by atoms with van der Waals surface area (Å²) in [6.07, 6.45) is 3.26. The van der Waals surface area contributed by atoms with Crippen LogP contribution in [-0.2, 0) is 0 Å². The normalized spacial score (nSPS) is 28.1. The van der Waals surface area contributed by atoms with Crippen molar-refractivity contribution in [2.24, 2.45) is 0 Å². The van der Waals surface area contributed by atoms with Crippen LogP contribution in [0.15, 0.2) is 35.9 Å². The van der Waals surface area contributed by atoms with Crippen LogP contribution >= 0.6 is 0 Å². The number of nitrogens with zero attached hydrogens (tertiary/aromatic N) is 1. The second-order valence-electron chi connectivity index (χ2n) is 3.76. The van der Waals surface area contributed by atoms with Gasteiger partial charge in [0.2, 0.25) is 0 Å². The molecule has 0 aliphatic heterocycles. The highest BCUT2D eigenvalue weighted by Gasteiger charge is 2.37. The highest BCUT2D eigenvalue weighted by atomic mass is 14.4. The molecule has 1 heteroatoms. The lowest BCUT2D eigenvalue weighted by atomic mass is 9.92. The molecule has 13 heavy (non-hydrogen) atoms. The van der Waals surface area contributed by atoms with E-state index in [0.717, 1.165) is 12.0 Å². The number of hydrogen-bond acceptors (Lipinski definition) is 1. The van der Waals surface area contributed by atoms with Gasteiger partial charge >= 0.3 is 0 Å². The minimum Gasteiger partial charge on any atom is -0.193 e. The molecule has 1 nitrogen and oxygen atoms in total. The van der Waals surface area contributed by atoms with Gasteiger partial charge in [-0.05, 0) is 17.5 Å². The fourth-order valence-corrected chi connectivity index (χ4v) is 2.57. The number of rotatable bonds is 0. The molecule has 2 bridgehead atoms. The zero-order valence-corrected chi connectivity index (χ0v) is 7.20. The Morgan fingerprint density at radius 2 is 2.00 bits per heavy atom. The largest absolute Gasteiger partial charge is 0.193 e. The molecule has 0 fully saturated rings. The van der Waals surface area contributed by atoms with Gasteiger partial charge in [0.25, 0.3) is 0 Å². The molecule has 0 N–H and O–H groups in total. The van der Waals surface area contributed by atoms with Crippen LogP contribution in [0, 0.1) is 11.3 Å². The average Bonchev–Trinajstić information content (AvgIpc) is 2.75. The van der Waals surface area contributed by atoms with Crippen molar-refractivity contribution in [3.05, 3.63) is 47.0 Å². The highest BCUT2D eigenvalue weighted by molar-refractivity contribution is 5.54. The van der Waals surface area contributed by atoms with Gasteiger partial charge in [-0.15, -0.1) is 0 Å². The van der Waals surface area contributed by atoms with Crippen molar-refractivity contribution in [1.29, 1.82) is 5.26 Å². The monoisotopic (exact) mass is 167 g/mol. The predicted molar refractivity (Wildman–Crippen MR) is 50.2 cm³/mol. The first-order valence-electron chi connectivity index (χ1n) is 4.61. The molecule has 0 spiro atoms. The van der Waals surface area contributed by atoms with Gasteiger partial charge in [0.05, 0.1) is 6.07 Å². The van der Waals surface area contributed by atoms with Gasteiger partial charge in [0.15, 0.2) is 0 Å². The van der Waals surface area contributed by atoms with Crippen LogP contribution in [0.25, 0.3) is 0 Å². The molecule has 0 radical (unpaired) electrons. The highest BCUT2D eigenvalue weighted by Crippen LogP contribution is 2.51. The van der Waals surface area contributed by atoms with Crippen LogP contribution in [0.5, 0.6) is 0 Å². The first-order chi connectivity index (χ1) is 6.40. The number of fused-ring (bicyclic) bond motifs is 5. The lowest BCUT2D eigenvalue weighted by molar-refractivity contribution is 0.794. The van der Waals surface area contributed by atoms with Crippen LogP contribution in [-0.4, -0.2) is 0 Å². The molecule has 0 amide bonds. The summed E-state index contributed by atoms with van der Waals surface area (Å²) < 4.78 is 0. The molecule has 0 saturated heterocycles. The Bertz CT molecular complexity index is 437. The van der Waals surface area contributed by atoms with Crippen LogP contribution in [0.2, 0.25) is 0 Å². The molecule has 2 unspecified atom stereocenters. The molecule has 1 aromatic carbocycles. The summed E-state index contributed by atoms with van der Waals surface area (Å²) in [6, 6.07) is 10.8. The van der Waals surface area contributed by atoms with Crippen molar-refractivity contribution < 1.29 is 0 Å². The second-order valence-corrected chi connectivity index (χ2v) is 3.76. The van der Waals surface area contributed by atoms with Gasteiger partial charge in [-0.3, -0.25) is 0 Å². The van der Waals surface area contributed by atoms with E-state index in [1.807, 2.05) is 0 Å². The Balaban J connectivity index is 2.19. The molecule has 3 rings (SSSR count). The molecule has 2 aliphatic carbocycles. The number of nitriles is 1. The van der Waals surface area contributed by atoms with Crippen molar-refractivity contribution in [2.45, 2.75) is 18.3 Å². The van der Waals surface area contributed by atoms with E-state index in [0.29, 0.717) is 11.8 Å².